The van der Waals surface area contributed by atoms with Crippen LogP contribution < -0.4 is 0 Å². The lowest BCUT2D eigenvalue weighted by Crippen LogP contribution is -1.73. The molecule has 0 aromatic rings. The van der Waals surface area contributed by atoms with Crippen molar-refractivity contribution in [1.82, 2.24) is 0 Å². The van der Waals surface area contributed by atoms with Crippen LogP contribution in [0, 0.1) is 6.73 Å². The summed E-state index contributed by atoms with van der Waals surface area (Å²) in [5.74, 6) is 0. The van der Waals surface area contributed by atoms with Gasteiger partial charge in [-0.2, -0.15) is 5.11 Å². The van der Waals surface area contributed by atoms with Crippen LogP contribution in [0.25, 0.3) is 0 Å². The van der Waals surface area contributed by atoms with Crippen LogP contribution in [0.3, 0.4) is 0 Å². The first-order valence-electron chi connectivity index (χ1n) is 1.52. The summed E-state index contributed by atoms with van der Waals surface area (Å²) in [4.78, 5) is 0. The van der Waals surface area contributed by atoms with E-state index in [1.807, 2.05) is 0 Å². The van der Waals surface area contributed by atoms with Gasteiger partial charge in [-0.25, -0.2) is 0 Å². The highest BCUT2D eigenvalue weighted by Gasteiger charge is 1.79. The van der Waals surface area contributed by atoms with Crippen molar-refractivity contribution in [3.63, 3.8) is 0 Å². The predicted octanol–water partition coefficient (Wildman–Crippen LogP) is 1.06. The van der Waals surface area contributed by atoms with Gasteiger partial charge in [0.2, 0.25) is 0 Å². The molecule has 3 nitrogen and oxygen atoms in total. The fraction of sp³-hybridized carbons (Fsp3) is 0. The van der Waals surface area contributed by atoms with Crippen LogP contribution in [-0.2, 0) is 4.74 Å². The molecule has 3 heteroatoms. The largest absolute Gasteiger partial charge is 0.467 e. The highest BCUT2D eigenvalue weighted by atomic mass is 16.5. The summed E-state index contributed by atoms with van der Waals surface area (Å²) in [6, 6.07) is 0. The van der Waals surface area contributed by atoms with Crippen LogP contribution in [-0.4, -0.2) is 0 Å². The van der Waals surface area contributed by atoms with Gasteiger partial charge in [-0.3, -0.25) is 0 Å². The molecule has 1 rings (SSSR count). The Bertz CT molecular complexity index is 74.8. The van der Waals surface area contributed by atoms with Crippen molar-refractivity contribution in [2.75, 3.05) is 0 Å². The predicted molar refractivity (Wildman–Crippen MR) is 19.4 cm³/mol. The molecule has 0 bridgehead atoms. The zero-order chi connectivity index (χ0) is 4.24. The van der Waals surface area contributed by atoms with E-state index in [9.17, 15) is 0 Å². The van der Waals surface area contributed by atoms with Gasteiger partial charge in [0.1, 0.15) is 6.26 Å². The van der Waals surface area contributed by atoms with E-state index in [4.69, 9.17) is 0 Å². The van der Waals surface area contributed by atoms with Crippen LogP contribution in [0.1, 0.15) is 0 Å². The molecule has 0 amide bonds. The van der Waals surface area contributed by atoms with E-state index in [0.29, 0.717) is 0 Å². The summed E-state index contributed by atoms with van der Waals surface area (Å²) in [6.07, 6.45) is 2.92. The van der Waals surface area contributed by atoms with Crippen molar-refractivity contribution in [2.24, 2.45) is 10.2 Å². The minimum Gasteiger partial charge on any atom is -0.467 e. The first-order valence-corrected chi connectivity index (χ1v) is 1.52. The van der Waals surface area contributed by atoms with Crippen molar-refractivity contribution in [1.29, 1.82) is 0 Å². The van der Waals surface area contributed by atoms with Crippen LogP contribution in [0.15, 0.2) is 22.7 Å². The number of nitrogens with zero attached hydrogens (tertiary/aromatic N) is 2. The van der Waals surface area contributed by atoms with Crippen molar-refractivity contribution in [2.45, 2.75) is 0 Å². The molecule has 1 aliphatic heterocycles. The maximum Gasteiger partial charge on any atom is 0.266 e. The monoisotopic (exact) mass is 83.0 g/mol. The average Bonchev–Trinajstić information content (AvgIpc) is 1.72. The average molecular weight is 83.1 g/mol. The van der Waals surface area contributed by atoms with Crippen molar-refractivity contribution < 1.29 is 4.74 Å². The molecule has 1 aliphatic rings. The molecule has 0 saturated heterocycles. The van der Waals surface area contributed by atoms with Gasteiger partial charge in [0.05, 0.1) is 6.20 Å². The Kier molecular flexibility index (Phi) is 0.859. The van der Waals surface area contributed by atoms with E-state index in [0.717, 1.165) is 0 Å². The summed E-state index contributed by atoms with van der Waals surface area (Å²) in [5, 5.41) is 6.81. The second-order valence-corrected chi connectivity index (χ2v) is 0.758. The van der Waals surface area contributed by atoms with Gasteiger partial charge in [0.15, 0.2) is 0 Å². The first-order chi connectivity index (χ1) is 3.00. The summed E-state index contributed by atoms with van der Waals surface area (Å²) >= 11 is 0. The molecule has 0 saturated carbocycles. The maximum absolute atomic E-state index is 4.50. The third kappa shape index (κ3) is 0.544. The molecule has 0 aromatic carbocycles. The van der Waals surface area contributed by atoms with E-state index in [2.05, 4.69) is 15.0 Å². The van der Waals surface area contributed by atoms with Gasteiger partial charge in [0, 0.05) is 0 Å². The third-order valence-corrected chi connectivity index (χ3v) is 0.381. The summed E-state index contributed by atoms with van der Waals surface area (Å²) in [6.45, 7) is 1.26. The summed E-state index contributed by atoms with van der Waals surface area (Å²) in [7, 11) is 0. The molecule has 0 unspecified atom stereocenters. The van der Waals surface area contributed by atoms with E-state index in [1.54, 1.807) is 0 Å². The lowest BCUT2D eigenvalue weighted by Gasteiger charge is -1.91. The second-order valence-electron chi connectivity index (χ2n) is 0.758. The molecule has 0 spiro atoms. The number of ether oxygens (including phenoxy) is 1. The summed E-state index contributed by atoms with van der Waals surface area (Å²) in [5.41, 5.74) is 0. The van der Waals surface area contributed by atoms with Crippen molar-refractivity contribution in [3.8, 4) is 0 Å². The van der Waals surface area contributed by atoms with Crippen LogP contribution in [0.2, 0.25) is 0 Å². The Morgan fingerprint density at radius 3 is 2.50 bits per heavy atom. The maximum atomic E-state index is 4.50. The number of rotatable bonds is 0. The SMILES string of the molecule is [CH]1N=NC=CO1. The van der Waals surface area contributed by atoms with E-state index >= 15 is 0 Å². The Labute approximate surface area is 35.3 Å². The molecule has 0 atom stereocenters. The number of hydrogen-bond acceptors (Lipinski definition) is 3. The van der Waals surface area contributed by atoms with E-state index in [-0.39, 0.29) is 0 Å². The van der Waals surface area contributed by atoms with Crippen LogP contribution in [0.4, 0.5) is 0 Å². The molecule has 1 radical (unpaired) electrons. The molecular formula is C3H3N2O. The normalized spacial score (nSPS) is 17.3. The molecule has 6 heavy (non-hydrogen) atoms. The molecule has 0 N–H and O–H groups in total. The van der Waals surface area contributed by atoms with E-state index in [1.165, 1.54) is 19.2 Å². The van der Waals surface area contributed by atoms with Crippen molar-refractivity contribution in [3.05, 3.63) is 19.2 Å². The smallest absolute Gasteiger partial charge is 0.266 e. The lowest BCUT2D eigenvalue weighted by atomic mass is 11.0. The minimum atomic E-state index is 1.26. The van der Waals surface area contributed by atoms with Crippen molar-refractivity contribution >= 4 is 0 Å². The van der Waals surface area contributed by atoms with E-state index < -0.39 is 0 Å². The quantitative estimate of drug-likeness (QED) is 0.431. The van der Waals surface area contributed by atoms with Crippen LogP contribution >= 0.6 is 0 Å². The Hall–Kier alpha value is -0.860. The van der Waals surface area contributed by atoms with Gasteiger partial charge < -0.3 is 4.74 Å². The fourth-order valence-corrected chi connectivity index (χ4v) is 0.190. The summed E-state index contributed by atoms with van der Waals surface area (Å²) < 4.78 is 4.50. The number of hydrogen-bond donors (Lipinski definition) is 0. The van der Waals surface area contributed by atoms with Crippen LogP contribution in [0.5, 0.6) is 0 Å². The Morgan fingerprint density at radius 1 is 1.33 bits per heavy atom. The lowest BCUT2D eigenvalue weighted by molar-refractivity contribution is 0.319. The highest BCUT2D eigenvalue weighted by Crippen LogP contribution is 1.93. The Balaban J connectivity index is 2.46. The number of azo groups is 1. The highest BCUT2D eigenvalue weighted by molar-refractivity contribution is 4.73. The molecule has 31 valence electrons. The molecule has 0 aromatic heterocycles. The minimum absolute atomic E-state index is 1.26. The van der Waals surface area contributed by atoms with Gasteiger partial charge in [-0.15, -0.1) is 5.11 Å². The standard InChI is InChI=1S/C3H3N2O/c1-2-6-3-5-4-1/h1-3H. The molecular weight excluding hydrogens is 80.0 g/mol. The molecule has 0 fully saturated rings. The Morgan fingerprint density at radius 2 is 2.33 bits per heavy atom. The molecule has 0 aliphatic carbocycles. The second kappa shape index (κ2) is 1.55. The van der Waals surface area contributed by atoms with Gasteiger partial charge >= 0.3 is 0 Å². The van der Waals surface area contributed by atoms with Gasteiger partial charge in [0.25, 0.3) is 6.73 Å². The fourth-order valence-electron chi connectivity index (χ4n) is 0.190. The third-order valence-electron chi connectivity index (χ3n) is 0.381. The van der Waals surface area contributed by atoms with Gasteiger partial charge in [-0.1, -0.05) is 0 Å². The zero-order valence-corrected chi connectivity index (χ0v) is 3.03. The van der Waals surface area contributed by atoms with Gasteiger partial charge in [-0.05, 0) is 0 Å². The zero-order valence-electron chi connectivity index (χ0n) is 3.03. The topological polar surface area (TPSA) is 34.0 Å². The first kappa shape index (κ1) is 3.33. The molecule has 1 heterocycles.